The van der Waals surface area contributed by atoms with Crippen LogP contribution in [0.5, 0.6) is 0 Å². The Kier molecular flexibility index (Phi) is 3.39. The molecule has 1 rings (SSSR count). The first kappa shape index (κ1) is 9.85. The molecule has 0 saturated carbocycles. The third-order valence-corrected chi connectivity index (χ3v) is 1.74. The zero-order chi connectivity index (χ0) is 9.14. The summed E-state index contributed by atoms with van der Waals surface area (Å²) in [5.41, 5.74) is 0. The first-order valence-electron chi connectivity index (χ1n) is 3.55. The van der Waals surface area contributed by atoms with E-state index in [1.807, 2.05) is 0 Å². The summed E-state index contributed by atoms with van der Waals surface area (Å²) in [4.78, 5) is 0. The second-order valence-corrected chi connectivity index (χ2v) is 2.50. The van der Waals surface area contributed by atoms with Crippen molar-refractivity contribution in [2.24, 2.45) is 0 Å². The fourth-order valence-corrected chi connectivity index (χ4v) is 1.08. The zero-order valence-corrected chi connectivity index (χ0v) is 6.33. The molecule has 1 saturated heterocycles. The van der Waals surface area contributed by atoms with Crippen LogP contribution >= 0.6 is 0 Å². The molecule has 0 aliphatic carbocycles. The van der Waals surface area contributed by atoms with Crippen LogP contribution in [0.1, 0.15) is 0 Å². The number of aliphatic hydroxyl groups is 4. The quantitative estimate of drug-likeness (QED) is 0.355. The highest BCUT2D eigenvalue weighted by molar-refractivity contribution is 4.85. The topological polar surface area (TPSA) is 99.4 Å². The van der Waals surface area contributed by atoms with Crippen molar-refractivity contribution in [3.8, 4) is 0 Å². The van der Waals surface area contributed by atoms with E-state index in [0.29, 0.717) is 0 Å². The van der Waals surface area contributed by atoms with Crippen LogP contribution in [0.15, 0.2) is 0 Å². The fourth-order valence-electron chi connectivity index (χ4n) is 1.08. The van der Waals surface area contributed by atoms with Crippen LogP contribution in [0.3, 0.4) is 0 Å². The van der Waals surface area contributed by atoms with Crippen LogP contribution in [0, 0.1) is 0 Å². The Morgan fingerprint density at radius 1 is 1.17 bits per heavy atom. The molecule has 1 aliphatic heterocycles. The minimum absolute atomic E-state index is 0.399. The van der Waals surface area contributed by atoms with Crippen molar-refractivity contribution >= 4 is 0 Å². The van der Waals surface area contributed by atoms with Gasteiger partial charge >= 0.3 is 0 Å². The lowest BCUT2D eigenvalue weighted by Gasteiger charge is -2.12. The van der Waals surface area contributed by atoms with Crippen LogP contribution in [0.25, 0.3) is 0 Å². The molecular formula is C6H12O6. The summed E-state index contributed by atoms with van der Waals surface area (Å²) in [5.74, 6) is 0. The molecule has 12 heavy (non-hydrogen) atoms. The van der Waals surface area contributed by atoms with E-state index in [1.54, 1.807) is 0 Å². The summed E-state index contributed by atoms with van der Waals surface area (Å²) in [6, 6.07) is 0. The van der Waals surface area contributed by atoms with Gasteiger partial charge in [0.15, 0.2) is 6.29 Å². The molecule has 0 radical (unpaired) electrons. The molecule has 72 valence electrons. The van der Waals surface area contributed by atoms with Gasteiger partial charge in [-0.3, -0.25) is 0 Å². The molecule has 0 unspecified atom stereocenters. The highest BCUT2D eigenvalue weighted by Crippen LogP contribution is 2.21. The smallest absolute Gasteiger partial charge is 0.189 e. The van der Waals surface area contributed by atoms with Gasteiger partial charge in [0.2, 0.25) is 0 Å². The molecule has 0 amide bonds. The van der Waals surface area contributed by atoms with Gasteiger partial charge in [-0.2, -0.15) is 0 Å². The third-order valence-electron chi connectivity index (χ3n) is 1.74. The predicted molar refractivity (Wildman–Crippen MR) is 35.9 cm³/mol. The van der Waals surface area contributed by atoms with Crippen LogP contribution < -0.4 is 0 Å². The normalized spacial score (nSPS) is 42.0. The van der Waals surface area contributed by atoms with Crippen molar-refractivity contribution in [1.82, 2.24) is 0 Å². The van der Waals surface area contributed by atoms with E-state index in [2.05, 4.69) is 4.74 Å². The monoisotopic (exact) mass is 180 g/mol. The van der Waals surface area contributed by atoms with Gasteiger partial charge in [-0.15, -0.1) is 0 Å². The van der Waals surface area contributed by atoms with Crippen LogP contribution in [-0.4, -0.2) is 58.4 Å². The van der Waals surface area contributed by atoms with Crippen molar-refractivity contribution in [3.05, 3.63) is 0 Å². The Balaban J connectivity index is 2.48. The van der Waals surface area contributed by atoms with Crippen LogP contribution in [0.2, 0.25) is 0 Å². The van der Waals surface area contributed by atoms with Gasteiger partial charge in [-0.05, 0) is 0 Å². The van der Waals surface area contributed by atoms with Crippen molar-refractivity contribution in [3.63, 3.8) is 0 Å². The summed E-state index contributed by atoms with van der Waals surface area (Å²) >= 11 is 0. The number of hydrogen-bond acceptors (Lipinski definition) is 6. The summed E-state index contributed by atoms with van der Waals surface area (Å²) in [5, 5.41) is 35.3. The molecule has 1 aliphatic rings. The van der Waals surface area contributed by atoms with Gasteiger partial charge in [-0.1, -0.05) is 0 Å². The molecule has 0 aromatic heterocycles. The van der Waals surface area contributed by atoms with Crippen LogP contribution in [-0.2, 0) is 9.47 Å². The maximum absolute atomic E-state index is 9.17. The van der Waals surface area contributed by atoms with Crippen molar-refractivity contribution in [2.75, 3.05) is 13.4 Å². The second kappa shape index (κ2) is 4.13. The molecule has 4 atom stereocenters. The summed E-state index contributed by atoms with van der Waals surface area (Å²) in [6.07, 6.45) is -4.32. The number of rotatable bonds is 3. The molecule has 4 N–H and O–H groups in total. The second-order valence-electron chi connectivity index (χ2n) is 2.50. The standard InChI is InChI=1S/C6H12O6/c7-1-3-4(9)5(10)6(12-3)11-2-8/h3-10H,1-2H2/t3-,4+,5+,6+/m0/s1. The molecule has 6 heteroatoms. The van der Waals surface area contributed by atoms with Gasteiger partial charge in [0.1, 0.15) is 25.1 Å². The van der Waals surface area contributed by atoms with Gasteiger partial charge in [-0.25, -0.2) is 0 Å². The summed E-state index contributed by atoms with van der Waals surface area (Å²) < 4.78 is 9.37. The highest BCUT2D eigenvalue weighted by Gasteiger charge is 2.42. The number of hydrogen-bond donors (Lipinski definition) is 4. The highest BCUT2D eigenvalue weighted by atomic mass is 16.7. The van der Waals surface area contributed by atoms with Crippen LogP contribution in [0.4, 0.5) is 0 Å². The number of ether oxygens (including phenoxy) is 2. The van der Waals surface area contributed by atoms with Gasteiger partial charge in [0.05, 0.1) is 6.61 Å². The lowest BCUT2D eigenvalue weighted by atomic mass is 10.1. The van der Waals surface area contributed by atoms with E-state index in [4.69, 9.17) is 25.2 Å². The molecule has 0 bridgehead atoms. The summed E-state index contributed by atoms with van der Waals surface area (Å²) in [7, 11) is 0. The Morgan fingerprint density at radius 2 is 1.83 bits per heavy atom. The molecule has 0 aromatic carbocycles. The molecule has 6 nitrogen and oxygen atoms in total. The largest absolute Gasteiger partial charge is 0.394 e. The maximum Gasteiger partial charge on any atom is 0.189 e. The zero-order valence-electron chi connectivity index (χ0n) is 6.33. The minimum atomic E-state index is -1.23. The molecular weight excluding hydrogens is 168 g/mol. The average Bonchev–Trinajstić information content (AvgIpc) is 2.33. The van der Waals surface area contributed by atoms with E-state index >= 15 is 0 Å². The van der Waals surface area contributed by atoms with Gasteiger partial charge in [0.25, 0.3) is 0 Å². The first-order chi connectivity index (χ1) is 5.70. The van der Waals surface area contributed by atoms with Gasteiger partial charge < -0.3 is 29.9 Å². The molecule has 0 aromatic rings. The molecule has 1 fully saturated rings. The summed E-state index contributed by atoms with van der Waals surface area (Å²) in [6.45, 7) is -1.00. The lowest BCUT2D eigenvalue weighted by molar-refractivity contribution is -0.201. The average molecular weight is 180 g/mol. The molecule has 0 spiro atoms. The first-order valence-corrected chi connectivity index (χ1v) is 3.55. The third kappa shape index (κ3) is 1.74. The van der Waals surface area contributed by atoms with E-state index < -0.39 is 38.0 Å². The maximum atomic E-state index is 9.17. The minimum Gasteiger partial charge on any atom is -0.394 e. The molecule has 1 heterocycles. The van der Waals surface area contributed by atoms with E-state index in [0.717, 1.165) is 0 Å². The predicted octanol–water partition coefficient (Wildman–Crippen LogP) is -2.61. The number of aliphatic hydroxyl groups excluding tert-OH is 4. The van der Waals surface area contributed by atoms with E-state index in [9.17, 15) is 0 Å². The fraction of sp³-hybridized carbons (Fsp3) is 1.00. The van der Waals surface area contributed by atoms with E-state index in [-0.39, 0.29) is 0 Å². The van der Waals surface area contributed by atoms with E-state index in [1.165, 1.54) is 0 Å². The Bertz CT molecular complexity index is 140. The van der Waals surface area contributed by atoms with Gasteiger partial charge in [0, 0.05) is 0 Å². The Morgan fingerprint density at radius 3 is 2.25 bits per heavy atom. The lowest BCUT2D eigenvalue weighted by Crippen LogP contribution is -2.34. The van der Waals surface area contributed by atoms with Crippen molar-refractivity contribution < 1.29 is 29.9 Å². The van der Waals surface area contributed by atoms with Crippen molar-refractivity contribution in [1.29, 1.82) is 0 Å². The van der Waals surface area contributed by atoms with Crippen molar-refractivity contribution in [2.45, 2.75) is 24.6 Å². The Labute approximate surface area is 69.0 Å². The SMILES string of the molecule is OCO[C@@H]1O[C@@H](CO)[C@@H](O)[C@H]1O. The Hall–Kier alpha value is -0.240.